The number of imidazole rings is 1. The largest absolute Gasteiger partial charge is 0.496 e. The standard InChI is InChI=1S/C25H21FN4O2/c1-15-24(32-16(2)27-15)20-11-10-19(13-23(20)31-3)28-21-5-4-12-30-14-22(29-25(21)30)17-6-8-18(26)9-7-17/h4-14,28H,1-3H3. The molecule has 3 aromatic heterocycles. The Hall–Kier alpha value is -4.13. The molecule has 0 atom stereocenters. The van der Waals surface area contributed by atoms with Gasteiger partial charge < -0.3 is 18.9 Å². The molecular weight excluding hydrogens is 407 g/mol. The van der Waals surface area contributed by atoms with Crippen LogP contribution in [0.1, 0.15) is 11.6 Å². The Morgan fingerprint density at radius 1 is 1.03 bits per heavy atom. The van der Waals surface area contributed by atoms with E-state index in [1.807, 2.05) is 61.0 Å². The van der Waals surface area contributed by atoms with E-state index < -0.39 is 0 Å². The van der Waals surface area contributed by atoms with E-state index in [-0.39, 0.29) is 5.82 Å². The van der Waals surface area contributed by atoms with Crippen LogP contribution in [0.4, 0.5) is 15.8 Å². The summed E-state index contributed by atoms with van der Waals surface area (Å²) in [4.78, 5) is 9.10. The highest BCUT2D eigenvalue weighted by atomic mass is 19.1. The number of hydrogen-bond acceptors (Lipinski definition) is 5. The molecule has 0 saturated heterocycles. The molecule has 160 valence electrons. The fourth-order valence-corrected chi connectivity index (χ4v) is 3.76. The first-order valence-corrected chi connectivity index (χ1v) is 10.1. The number of halogens is 1. The van der Waals surface area contributed by atoms with Gasteiger partial charge in [0, 0.05) is 36.6 Å². The Bertz CT molecular complexity index is 1420. The molecule has 5 rings (SSSR count). The fourth-order valence-electron chi connectivity index (χ4n) is 3.76. The molecule has 7 heteroatoms. The third-order valence-electron chi connectivity index (χ3n) is 5.25. The number of benzene rings is 2. The molecule has 32 heavy (non-hydrogen) atoms. The van der Waals surface area contributed by atoms with Gasteiger partial charge in [-0.25, -0.2) is 14.4 Å². The second-order valence-corrected chi connectivity index (χ2v) is 7.47. The van der Waals surface area contributed by atoms with Gasteiger partial charge in [-0.05, 0) is 55.5 Å². The zero-order chi connectivity index (χ0) is 22.2. The maximum Gasteiger partial charge on any atom is 0.192 e. The van der Waals surface area contributed by atoms with E-state index in [1.165, 1.54) is 12.1 Å². The number of methoxy groups -OCH3 is 1. The van der Waals surface area contributed by atoms with Crippen LogP contribution in [-0.2, 0) is 0 Å². The minimum Gasteiger partial charge on any atom is -0.496 e. The normalized spacial score (nSPS) is 11.1. The van der Waals surface area contributed by atoms with Crippen LogP contribution in [0.2, 0.25) is 0 Å². The summed E-state index contributed by atoms with van der Waals surface area (Å²) >= 11 is 0. The molecule has 1 N–H and O–H groups in total. The van der Waals surface area contributed by atoms with Gasteiger partial charge in [-0.1, -0.05) is 0 Å². The van der Waals surface area contributed by atoms with Crippen molar-refractivity contribution in [2.45, 2.75) is 13.8 Å². The number of fused-ring (bicyclic) bond motifs is 1. The zero-order valence-electron chi connectivity index (χ0n) is 17.9. The first-order chi connectivity index (χ1) is 15.5. The number of hydrogen-bond donors (Lipinski definition) is 1. The molecule has 0 fully saturated rings. The molecule has 0 aliphatic carbocycles. The van der Waals surface area contributed by atoms with E-state index in [4.69, 9.17) is 14.1 Å². The van der Waals surface area contributed by atoms with Crippen molar-refractivity contribution in [3.63, 3.8) is 0 Å². The summed E-state index contributed by atoms with van der Waals surface area (Å²) in [5, 5.41) is 3.42. The van der Waals surface area contributed by atoms with Gasteiger partial charge >= 0.3 is 0 Å². The second kappa shape index (κ2) is 7.85. The van der Waals surface area contributed by atoms with E-state index in [2.05, 4.69) is 10.3 Å². The summed E-state index contributed by atoms with van der Waals surface area (Å²) < 4.78 is 26.6. The Morgan fingerprint density at radius 3 is 2.56 bits per heavy atom. The second-order valence-electron chi connectivity index (χ2n) is 7.47. The SMILES string of the molecule is COc1cc(Nc2cccn3cc(-c4ccc(F)cc4)nc23)ccc1-c1oc(C)nc1C. The van der Waals surface area contributed by atoms with E-state index in [1.54, 1.807) is 19.2 Å². The highest BCUT2D eigenvalue weighted by molar-refractivity contribution is 5.79. The number of nitrogens with one attached hydrogen (secondary N) is 1. The maximum absolute atomic E-state index is 13.3. The number of rotatable bonds is 5. The van der Waals surface area contributed by atoms with Crippen molar-refractivity contribution in [2.24, 2.45) is 0 Å². The van der Waals surface area contributed by atoms with Crippen molar-refractivity contribution < 1.29 is 13.5 Å². The third-order valence-corrected chi connectivity index (χ3v) is 5.25. The molecule has 3 heterocycles. The topological polar surface area (TPSA) is 64.6 Å². The lowest BCUT2D eigenvalue weighted by Crippen LogP contribution is -1.96. The minimum atomic E-state index is -0.270. The van der Waals surface area contributed by atoms with Crippen LogP contribution in [0.5, 0.6) is 5.75 Å². The molecule has 0 aliphatic heterocycles. The van der Waals surface area contributed by atoms with Crippen LogP contribution in [0, 0.1) is 19.7 Å². The molecule has 0 saturated carbocycles. The summed E-state index contributed by atoms with van der Waals surface area (Å²) in [6.45, 7) is 3.74. The highest BCUT2D eigenvalue weighted by Gasteiger charge is 2.16. The van der Waals surface area contributed by atoms with E-state index in [0.717, 1.165) is 39.5 Å². The lowest BCUT2D eigenvalue weighted by atomic mass is 10.1. The quantitative estimate of drug-likeness (QED) is 0.363. The number of nitrogens with zero attached hydrogens (tertiary/aromatic N) is 3. The monoisotopic (exact) mass is 428 g/mol. The zero-order valence-corrected chi connectivity index (χ0v) is 17.9. The Morgan fingerprint density at radius 2 is 1.84 bits per heavy atom. The lowest BCUT2D eigenvalue weighted by molar-refractivity contribution is 0.414. The first-order valence-electron chi connectivity index (χ1n) is 10.1. The van der Waals surface area contributed by atoms with Gasteiger partial charge in [0.05, 0.1) is 29.7 Å². The maximum atomic E-state index is 13.3. The number of anilines is 2. The van der Waals surface area contributed by atoms with E-state index >= 15 is 0 Å². The minimum absolute atomic E-state index is 0.270. The number of pyridine rings is 1. The first kappa shape index (κ1) is 19.8. The number of aryl methyl sites for hydroxylation is 2. The van der Waals surface area contributed by atoms with E-state index in [9.17, 15) is 4.39 Å². The Labute approximate surface area is 184 Å². The van der Waals surface area contributed by atoms with Crippen LogP contribution in [0.25, 0.3) is 28.2 Å². The fraction of sp³-hybridized carbons (Fsp3) is 0.120. The average molecular weight is 428 g/mol. The summed E-state index contributed by atoms with van der Waals surface area (Å²) in [5.41, 5.74) is 5.72. The predicted molar refractivity (Wildman–Crippen MR) is 122 cm³/mol. The van der Waals surface area contributed by atoms with Crippen molar-refractivity contribution in [1.29, 1.82) is 0 Å². The third kappa shape index (κ3) is 3.58. The van der Waals surface area contributed by atoms with Crippen molar-refractivity contribution in [2.75, 3.05) is 12.4 Å². The van der Waals surface area contributed by atoms with Crippen molar-refractivity contribution in [3.05, 3.63) is 84.4 Å². The molecule has 5 aromatic rings. The van der Waals surface area contributed by atoms with Crippen molar-refractivity contribution in [3.8, 4) is 28.3 Å². The average Bonchev–Trinajstić information content (AvgIpc) is 3.37. The Kier molecular flexibility index (Phi) is 4.86. The van der Waals surface area contributed by atoms with Crippen LogP contribution in [-0.4, -0.2) is 21.5 Å². The van der Waals surface area contributed by atoms with Crippen LogP contribution in [0.3, 0.4) is 0 Å². The molecule has 0 amide bonds. The Balaban J connectivity index is 1.50. The highest BCUT2D eigenvalue weighted by Crippen LogP contribution is 2.36. The molecule has 0 bridgehead atoms. The molecule has 0 aliphatic rings. The molecule has 0 unspecified atom stereocenters. The van der Waals surface area contributed by atoms with Gasteiger partial charge in [-0.2, -0.15) is 0 Å². The number of oxazole rings is 1. The lowest BCUT2D eigenvalue weighted by Gasteiger charge is -2.12. The van der Waals surface area contributed by atoms with Gasteiger partial charge in [-0.3, -0.25) is 0 Å². The van der Waals surface area contributed by atoms with Crippen molar-refractivity contribution in [1.82, 2.24) is 14.4 Å². The van der Waals surface area contributed by atoms with Crippen molar-refractivity contribution >= 4 is 17.0 Å². The summed E-state index contributed by atoms with van der Waals surface area (Å²) in [6, 6.07) is 16.0. The summed E-state index contributed by atoms with van der Waals surface area (Å²) in [6.07, 6.45) is 3.85. The molecular formula is C25H21FN4O2. The molecule has 2 aromatic carbocycles. The van der Waals surface area contributed by atoms with Crippen LogP contribution >= 0.6 is 0 Å². The van der Waals surface area contributed by atoms with E-state index in [0.29, 0.717) is 17.4 Å². The van der Waals surface area contributed by atoms with Gasteiger partial charge in [0.15, 0.2) is 17.3 Å². The van der Waals surface area contributed by atoms with Gasteiger partial charge in [0.2, 0.25) is 0 Å². The molecule has 6 nitrogen and oxygen atoms in total. The number of aromatic nitrogens is 3. The summed E-state index contributed by atoms with van der Waals surface area (Å²) in [7, 11) is 1.63. The molecule has 0 radical (unpaired) electrons. The molecule has 0 spiro atoms. The summed E-state index contributed by atoms with van der Waals surface area (Å²) in [5.74, 6) is 1.72. The number of ether oxygens (including phenoxy) is 1. The van der Waals surface area contributed by atoms with Crippen LogP contribution in [0.15, 0.2) is 71.4 Å². The van der Waals surface area contributed by atoms with Crippen LogP contribution < -0.4 is 10.1 Å². The van der Waals surface area contributed by atoms with Gasteiger partial charge in [0.1, 0.15) is 11.6 Å². The smallest absolute Gasteiger partial charge is 0.192 e. The van der Waals surface area contributed by atoms with Gasteiger partial charge in [-0.15, -0.1) is 0 Å². The predicted octanol–water partition coefficient (Wildman–Crippen LogP) is 6.16. The van der Waals surface area contributed by atoms with Gasteiger partial charge in [0.25, 0.3) is 0 Å².